The van der Waals surface area contributed by atoms with Crippen molar-refractivity contribution in [3.63, 3.8) is 0 Å². The van der Waals surface area contributed by atoms with E-state index in [9.17, 15) is 10.0 Å². The van der Waals surface area contributed by atoms with E-state index in [4.69, 9.17) is 5.73 Å². The molecule has 0 aliphatic heterocycles. The quantitative estimate of drug-likeness (QED) is 0.557. The van der Waals surface area contributed by atoms with E-state index in [1.54, 1.807) is 5.38 Å². The minimum absolute atomic E-state index is 0.429. The molecular weight excluding hydrogens is 200 g/mol. The maximum Gasteiger partial charge on any atom is 0.343 e. The van der Waals surface area contributed by atoms with E-state index < -0.39 is 6.03 Å². The Morgan fingerprint density at radius 2 is 2.14 bits per heavy atom. The van der Waals surface area contributed by atoms with Crippen LogP contribution in [0.4, 0.5) is 10.5 Å². The first kappa shape index (κ1) is 8.98. The highest BCUT2D eigenvalue weighted by molar-refractivity contribution is 7.17. The van der Waals surface area contributed by atoms with Gasteiger partial charge in [-0.2, -0.15) is 5.06 Å². The fraction of sp³-hybridized carbons (Fsp3) is 0. The van der Waals surface area contributed by atoms with Crippen LogP contribution in [0.3, 0.4) is 0 Å². The molecule has 0 bridgehead atoms. The van der Waals surface area contributed by atoms with Crippen molar-refractivity contribution in [3.05, 3.63) is 29.6 Å². The summed E-state index contributed by atoms with van der Waals surface area (Å²) in [5.41, 5.74) is 5.39. The van der Waals surface area contributed by atoms with Crippen LogP contribution in [-0.2, 0) is 0 Å². The summed E-state index contributed by atoms with van der Waals surface area (Å²) in [6, 6.07) is 6.60. The van der Waals surface area contributed by atoms with Gasteiger partial charge in [-0.1, -0.05) is 18.2 Å². The molecule has 4 nitrogen and oxygen atoms in total. The minimum Gasteiger partial charge on any atom is -0.349 e. The lowest BCUT2D eigenvalue weighted by Crippen LogP contribution is -2.32. The second-order valence-electron chi connectivity index (χ2n) is 2.77. The Kier molecular flexibility index (Phi) is 2.11. The molecule has 2 aromatic rings. The van der Waals surface area contributed by atoms with E-state index in [1.807, 2.05) is 24.3 Å². The average Bonchev–Trinajstić information content (AvgIpc) is 2.60. The predicted molar refractivity (Wildman–Crippen MR) is 55.7 cm³/mol. The number of hydrogen-bond donors (Lipinski definition) is 2. The van der Waals surface area contributed by atoms with Gasteiger partial charge in [-0.15, -0.1) is 11.3 Å². The fourth-order valence-corrected chi connectivity index (χ4v) is 2.17. The molecule has 0 unspecified atom stereocenters. The number of amides is 2. The van der Waals surface area contributed by atoms with Gasteiger partial charge in [-0.25, -0.2) is 4.79 Å². The molecule has 3 N–H and O–H groups in total. The lowest BCUT2D eigenvalue weighted by atomic mass is 10.2. The summed E-state index contributed by atoms with van der Waals surface area (Å²) < 4.78 is 1.00. The maximum atomic E-state index is 10.7. The monoisotopic (exact) mass is 208 g/mol. The first-order valence-corrected chi connectivity index (χ1v) is 4.83. The van der Waals surface area contributed by atoms with Crippen LogP contribution in [-0.4, -0.2) is 11.2 Å². The molecular formula is C9H8N2O2S. The smallest absolute Gasteiger partial charge is 0.343 e. The van der Waals surface area contributed by atoms with Crippen molar-refractivity contribution in [2.45, 2.75) is 0 Å². The van der Waals surface area contributed by atoms with Crippen LogP contribution < -0.4 is 10.8 Å². The Bertz CT molecular complexity index is 480. The number of thiophene rings is 1. The molecule has 1 aromatic carbocycles. The Morgan fingerprint density at radius 1 is 1.43 bits per heavy atom. The van der Waals surface area contributed by atoms with Gasteiger partial charge in [-0.05, 0) is 6.07 Å². The number of hydroxylamine groups is 1. The van der Waals surface area contributed by atoms with Crippen molar-refractivity contribution in [2.24, 2.45) is 5.73 Å². The molecule has 0 saturated heterocycles. The molecule has 0 saturated carbocycles. The molecule has 0 fully saturated rings. The molecule has 0 spiro atoms. The van der Waals surface area contributed by atoms with E-state index in [1.165, 1.54) is 11.3 Å². The van der Waals surface area contributed by atoms with Gasteiger partial charge < -0.3 is 5.73 Å². The number of carbonyl (C=O) groups is 1. The zero-order valence-corrected chi connectivity index (χ0v) is 7.99. The van der Waals surface area contributed by atoms with E-state index in [0.717, 1.165) is 10.1 Å². The van der Waals surface area contributed by atoms with Crippen LogP contribution in [0.2, 0.25) is 0 Å². The van der Waals surface area contributed by atoms with E-state index in [-0.39, 0.29) is 0 Å². The number of benzene rings is 1. The summed E-state index contributed by atoms with van der Waals surface area (Å²) in [6.07, 6.45) is 0. The standard InChI is InChI=1S/C9H8N2O2S/c10-9(12)11(13)7-5-14-8-4-2-1-3-6(7)8/h1-5,13H,(H2,10,12). The third-order valence-electron chi connectivity index (χ3n) is 1.90. The summed E-state index contributed by atoms with van der Waals surface area (Å²) in [4.78, 5) is 10.7. The predicted octanol–water partition coefficient (Wildman–Crippen LogP) is 2.18. The van der Waals surface area contributed by atoms with Gasteiger partial charge in [0.25, 0.3) is 0 Å². The summed E-state index contributed by atoms with van der Waals surface area (Å²) in [5.74, 6) is 0. The third-order valence-corrected chi connectivity index (χ3v) is 2.85. The van der Waals surface area contributed by atoms with Crippen LogP contribution in [0.25, 0.3) is 10.1 Å². The lowest BCUT2D eigenvalue weighted by Gasteiger charge is -2.09. The van der Waals surface area contributed by atoms with E-state index in [0.29, 0.717) is 10.8 Å². The van der Waals surface area contributed by atoms with Gasteiger partial charge >= 0.3 is 6.03 Å². The summed E-state index contributed by atoms with van der Waals surface area (Å²) in [7, 11) is 0. The molecule has 0 atom stereocenters. The lowest BCUT2D eigenvalue weighted by molar-refractivity contribution is 0.213. The molecule has 72 valence electrons. The summed E-state index contributed by atoms with van der Waals surface area (Å²) in [5, 5.41) is 12.3. The largest absolute Gasteiger partial charge is 0.349 e. The van der Waals surface area contributed by atoms with Crippen LogP contribution in [0.1, 0.15) is 0 Å². The molecule has 0 radical (unpaired) electrons. The zero-order valence-electron chi connectivity index (χ0n) is 7.18. The van der Waals surface area contributed by atoms with Crippen LogP contribution >= 0.6 is 11.3 Å². The van der Waals surface area contributed by atoms with Gasteiger partial charge in [-0.3, -0.25) is 5.21 Å². The normalized spacial score (nSPS) is 10.4. The van der Waals surface area contributed by atoms with Gasteiger partial charge in [0.05, 0.1) is 5.69 Å². The van der Waals surface area contributed by atoms with Gasteiger partial charge in [0.15, 0.2) is 0 Å². The molecule has 2 amide bonds. The fourth-order valence-electron chi connectivity index (χ4n) is 1.25. The number of primary amides is 1. The van der Waals surface area contributed by atoms with Gasteiger partial charge in [0.1, 0.15) is 0 Å². The highest BCUT2D eigenvalue weighted by Crippen LogP contribution is 2.31. The second-order valence-corrected chi connectivity index (χ2v) is 3.68. The number of hydrogen-bond acceptors (Lipinski definition) is 3. The van der Waals surface area contributed by atoms with Crippen molar-refractivity contribution in [1.82, 2.24) is 0 Å². The van der Waals surface area contributed by atoms with Crippen molar-refractivity contribution in [1.29, 1.82) is 0 Å². The Balaban J connectivity index is 2.58. The van der Waals surface area contributed by atoms with Crippen LogP contribution in [0.5, 0.6) is 0 Å². The van der Waals surface area contributed by atoms with Crippen molar-refractivity contribution < 1.29 is 10.0 Å². The second kappa shape index (κ2) is 3.28. The van der Waals surface area contributed by atoms with E-state index in [2.05, 4.69) is 0 Å². The molecule has 1 heterocycles. The van der Waals surface area contributed by atoms with Crippen molar-refractivity contribution in [2.75, 3.05) is 5.06 Å². The number of anilines is 1. The number of rotatable bonds is 1. The first-order chi connectivity index (χ1) is 6.70. The average molecular weight is 208 g/mol. The minimum atomic E-state index is -0.881. The van der Waals surface area contributed by atoms with Crippen molar-refractivity contribution in [3.8, 4) is 0 Å². The highest BCUT2D eigenvalue weighted by atomic mass is 32.1. The molecule has 14 heavy (non-hydrogen) atoms. The molecule has 0 aliphatic rings. The van der Waals surface area contributed by atoms with Crippen molar-refractivity contribution >= 4 is 33.1 Å². The number of urea groups is 1. The maximum absolute atomic E-state index is 10.7. The molecule has 2 rings (SSSR count). The number of nitrogens with two attached hydrogens (primary N) is 1. The Morgan fingerprint density at radius 3 is 2.86 bits per heavy atom. The summed E-state index contributed by atoms with van der Waals surface area (Å²) in [6.45, 7) is 0. The number of fused-ring (bicyclic) bond motifs is 1. The molecule has 5 heteroatoms. The van der Waals surface area contributed by atoms with Gasteiger partial charge in [0.2, 0.25) is 0 Å². The SMILES string of the molecule is NC(=O)N(O)c1csc2ccccc12. The number of carbonyl (C=O) groups excluding carboxylic acids is 1. The van der Waals surface area contributed by atoms with Crippen LogP contribution in [0.15, 0.2) is 29.6 Å². The zero-order chi connectivity index (χ0) is 10.1. The number of nitrogens with zero attached hydrogens (tertiary/aromatic N) is 1. The van der Waals surface area contributed by atoms with E-state index >= 15 is 0 Å². The molecule has 0 aliphatic carbocycles. The molecule has 1 aromatic heterocycles. The Hall–Kier alpha value is -1.59. The highest BCUT2D eigenvalue weighted by Gasteiger charge is 2.13. The third kappa shape index (κ3) is 1.32. The Labute approximate surface area is 84.1 Å². The van der Waals surface area contributed by atoms with Gasteiger partial charge in [0, 0.05) is 15.5 Å². The van der Waals surface area contributed by atoms with Crippen LogP contribution in [0, 0.1) is 0 Å². The first-order valence-electron chi connectivity index (χ1n) is 3.95. The topological polar surface area (TPSA) is 66.6 Å². The summed E-state index contributed by atoms with van der Waals surface area (Å²) >= 11 is 1.45.